The van der Waals surface area contributed by atoms with Crippen LogP contribution in [0.3, 0.4) is 0 Å². The highest BCUT2D eigenvalue weighted by atomic mass is 32.2. The van der Waals surface area contributed by atoms with E-state index in [2.05, 4.69) is 29.9 Å². The van der Waals surface area contributed by atoms with Crippen LogP contribution in [0, 0.1) is 0 Å². The largest absolute Gasteiger partial charge is 0.379 e. The smallest absolute Gasteiger partial charge is 0.232 e. The minimum Gasteiger partial charge on any atom is -0.379 e. The highest BCUT2D eigenvalue weighted by molar-refractivity contribution is 7.92. The Labute approximate surface area is 219 Å². The van der Waals surface area contributed by atoms with E-state index < -0.39 is 10.0 Å². The lowest BCUT2D eigenvalue weighted by Crippen LogP contribution is -2.37. The van der Waals surface area contributed by atoms with Gasteiger partial charge in [0.05, 0.1) is 31.1 Å². The summed E-state index contributed by atoms with van der Waals surface area (Å²) in [6.45, 7) is 3.77. The summed E-state index contributed by atoms with van der Waals surface area (Å²) in [5.74, 6) is -0.194. The second kappa shape index (κ2) is 11.4. The molecule has 1 aromatic carbocycles. The van der Waals surface area contributed by atoms with E-state index in [9.17, 15) is 13.2 Å². The summed E-state index contributed by atoms with van der Waals surface area (Å²) in [6, 6.07) is 10.7. The van der Waals surface area contributed by atoms with Crippen LogP contribution >= 0.6 is 11.3 Å². The van der Waals surface area contributed by atoms with Crippen LogP contribution in [0.4, 0.5) is 10.8 Å². The van der Waals surface area contributed by atoms with Crippen molar-refractivity contribution in [3.8, 4) is 11.3 Å². The molecule has 0 aliphatic carbocycles. The standard InChI is InChI=1S/C25H28N6O4S2/c32-23(29-25-28-22(17-36-25)21-16-27-24-20(21)6-2-7-26-24)15-18-4-1-5-19(14-18)30-37(33,34)13-3-8-31-9-11-35-12-10-31/h1-2,4-7,14,16-17,30H,3,8-13,15H2,(H,26,27)(H,28,29,32). The maximum absolute atomic E-state index is 12.7. The second-order valence-electron chi connectivity index (χ2n) is 8.79. The molecule has 0 saturated carbocycles. The van der Waals surface area contributed by atoms with Gasteiger partial charge in [0, 0.05) is 47.5 Å². The summed E-state index contributed by atoms with van der Waals surface area (Å²) >= 11 is 1.34. The summed E-state index contributed by atoms with van der Waals surface area (Å²) in [5, 5.41) is 6.19. The van der Waals surface area contributed by atoms with Crippen LogP contribution in [0.25, 0.3) is 22.3 Å². The molecule has 1 aliphatic heterocycles. The third-order valence-electron chi connectivity index (χ3n) is 6.03. The van der Waals surface area contributed by atoms with Gasteiger partial charge in [0.2, 0.25) is 15.9 Å². The van der Waals surface area contributed by atoms with Crippen molar-refractivity contribution < 1.29 is 17.9 Å². The molecule has 4 heterocycles. The van der Waals surface area contributed by atoms with Crippen molar-refractivity contribution in [3.63, 3.8) is 0 Å². The number of aromatic nitrogens is 3. The van der Waals surface area contributed by atoms with E-state index in [1.807, 2.05) is 23.7 Å². The van der Waals surface area contributed by atoms with Crippen LogP contribution in [0.5, 0.6) is 0 Å². The van der Waals surface area contributed by atoms with Crippen molar-refractivity contribution in [2.75, 3.05) is 48.6 Å². The molecule has 10 nitrogen and oxygen atoms in total. The highest BCUT2D eigenvalue weighted by Crippen LogP contribution is 2.30. The molecule has 1 aliphatic rings. The lowest BCUT2D eigenvalue weighted by molar-refractivity contribution is -0.115. The first-order valence-electron chi connectivity index (χ1n) is 12.0. The number of amides is 1. The van der Waals surface area contributed by atoms with Crippen molar-refractivity contribution >= 4 is 49.1 Å². The first kappa shape index (κ1) is 25.3. The number of morpholine rings is 1. The van der Waals surface area contributed by atoms with Crippen molar-refractivity contribution in [3.05, 3.63) is 59.7 Å². The summed E-state index contributed by atoms with van der Waals surface area (Å²) in [5.41, 5.74) is 3.60. The molecule has 5 rings (SSSR count). The molecule has 0 unspecified atom stereocenters. The predicted molar refractivity (Wildman–Crippen MR) is 145 cm³/mol. The monoisotopic (exact) mass is 540 g/mol. The third-order valence-corrected chi connectivity index (χ3v) is 8.16. The van der Waals surface area contributed by atoms with Crippen molar-refractivity contribution in [2.45, 2.75) is 12.8 Å². The molecule has 0 bridgehead atoms. The number of aromatic amines is 1. The Bertz CT molecular complexity index is 1480. The van der Waals surface area contributed by atoms with Crippen molar-refractivity contribution in [1.82, 2.24) is 19.9 Å². The number of nitrogens with one attached hydrogen (secondary N) is 3. The molecule has 12 heteroatoms. The highest BCUT2D eigenvalue weighted by Gasteiger charge is 2.16. The zero-order valence-electron chi connectivity index (χ0n) is 20.1. The van der Waals surface area contributed by atoms with Gasteiger partial charge in [-0.15, -0.1) is 11.3 Å². The Morgan fingerprint density at radius 2 is 2.05 bits per heavy atom. The van der Waals surface area contributed by atoms with Gasteiger partial charge in [-0.2, -0.15) is 0 Å². The second-order valence-corrected chi connectivity index (χ2v) is 11.5. The Balaban J connectivity index is 1.15. The van der Waals surface area contributed by atoms with Crippen LogP contribution in [-0.4, -0.2) is 72.8 Å². The molecule has 0 radical (unpaired) electrons. The van der Waals surface area contributed by atoms with Gasteiger partial charge in [0.15, 0.2) is 5.13 Å². The Morgan fingerprint density at radius 3 is 2.92 bits per heavy atom. The molecule has 0 atom stereocenters. The number of pyridine rings is 1. The van der Waals surface area contributed by atoms with Gasteiger partial charge < -0.3 is 15.0 Å². The molecule has 1 fully saturated rings. The number of hydrogen-bond acceptors (Lipinski definition) is 8. The molecule has 3 aromatic heterocycles. The molecular weight excluding hydrogens is 512 g/mol. The molecular formula is C25H28N6O4S2. The van der Waals surface area contributed by atoms with Gasteiger partial charge in [-0.3, -0.25) is 14.4 Å². The first-order chi connectivity index (χ1) is 17.9. The average Bonchev–Trinajstić information content (AvgIpc) is 3.51. The van der Waals surface area contributed by atoms with Crippen LogP contribution in [0.1, 0.15) is 12.0 Å². The molecule has 1 amide bonds. The van der Waals surface area contributed by atoms with E-state index in [0.29, 0.717) is 36.0 Å². The van der Waals surface area contributed by atoms with Crippen LogP contribution in [0.2, 0.25) is 0 Å². The number of hydrogen-bond donors (Lipinski definition) is 3. The maximum atomic E-state index is 12.7. The Hall–Kier alpha value is -3.32. The number of carbonyl (C=O) groups is 1. The van der Waals surface area contributed by atoms with E-state index in [4.69, 9.17) is 4.74 Å². The number of benzene rings is 1. The van der Waals surface area contributed by atoms with E-state index in [1.165, 1.54) is 11.3 Å². The van der Waals surface area contributed by atoms with E-state index >= 15 is 0 Å². The molecule has 4 aromatic rings. The molecule has 0 spiro atoms. The molecule has 3 N–H and O–H groups in total. The summed E-state index contributed by atoms with van der Waals surface area (Å²) in [7, 11) is -3.49. The number of nitrogens with zero attached hydrogens (tertiary/aromatic N) is 3. The predicted octanol–water partition coefficient (Wildman–Crippen LogP) is 3.33. The van der Waals surface area contributed by atoms with Crippen molar-refractivity contribution in [2.24, 2.45) is 0 Å². The zero-order valence-corrected chi connectivity index (χ0v) is 21.8. The van der Waals surface area contributed by atoms with Gasteiger partial charge in [0.1, 0.15) is 5.65 Å². The number of anilines is 2. The number of carbonyl (C=O) groups excluding carboxylic acids is 1. The van der Waals surface area contributed by atoms with E-state index in [1.54, 1.807) is 30.5 Å². The number of sulfonamides is 1. The topological polar surface area (TPSA) is 129 Å². The molecule has 194 valence electrons. The van der Waals surface area contributed by atoms with Gasteiger partial charge in [-0.1, -0.05) is 12.1 Å². The molecule has 37 heavy (non-hydrogen) atoms. The lowest BCUT2D eigenvalue weighted by Gasteiger charge is -2.26. The summed E-state index contributed by atoms with van der Waals surface area (Å²) < 4.78 is 33.1. The number of H-pyrrole nitrogens is 1. The summed E-state index contributed by atoms with van der Waals surface area (Å²) in [4.78, 5) is 26.8. The number of fused-ring (bicyclic) bond motifs is 1. The van der Waals surface area contributed by atoms with Gasteiger partial charge in [-0.25, -0.2) is 18.4 Å². The SMILES string of the molecule is O=C(Cc1cccc(NS(=O)(=O)CCCN2CCOCC2)c1)Nc1nc(-c2c[nH]c3ncccc23)cs1. The van der Waals surface area contributed by atoms with Gasteiger partial charge in [0.25, 0.3) is 0 Å². The van der Waals surface area contributed by atoms with Crippen LogP contribution in [0.15, 0.2) is 54.2 Å². The quantitative estimate of drug-likeness (QED) is 0.281. The minimum absolute atomic E-state index is 0.0357. The fourth-order valence-corrected chi connectivity index (χ4v) is 6.07. The zero-order chi connectivity index (χ0) is 25.7. The third kappa shape index (κ3) is 6.72. The van der Waals surface area contributed by atoms with E-state index in [-0.39, 0.29) is 18.1 Å². The minimum atomic E-state index is -3.49. The normalized spacial score (nSPS) is 14.6. The average molecular weight is 541 g/mol. The van der Waals surface area contributed by atoms with Crippen molar-refractivity contribution in [1.29, 1.82) is 0 Å². The number of ether oxygens (including phenoxy) is 1. The molecule has 1 saturated heterocycles. The van der Waals surface area contributed by atoms with Gasteiger partial charge in [-0.05, 0) is 42.8 Å². The first-order valence-corrected chi connectivity index (χ1v) is 14.6. The lowest BCUT2D eigenvalue weighted by atomic mass is 10.1. The van der Waals surface area contributed by atoms with Crippen LogP contribution in [-0.2, 0) is 26.0 Å². The summed E-state index contributed by atoms with van der Waals surface area (Å²) in [6.07, 6.45) is 4.22. The Kier molecular flexibility index (Phi) is 7.79. The number of thiazole rings is 1. The number of rotatable bonds is 10. The fourth-order valence-electron chi connectivity index (χ4n) is 4.25. The maximum Gasteiger partial charge on any atom is 0.232 e. The Morgan fingerprint density at radius 1 is 1.19 bits per heavy atom. The van der Waals surface area contributed by atoms with E-state index in [0.717, 1.165) is 41.9 Å². The van der Waals surface area contributed by atoms with Crippen LogP contribution < -0.4 is 10.0 Å². The fraction of sp³-hybridized carbons (Fsp3) is 0.320. The van der Waals surface area contributed by atoms with Gasteiger partial charge >= 0.3 is 0 Å².